The average Bonchev–Trinajstić information content (AvgIpc) is 2.76. The monoisotopic (exact) mass is 308 g/mol. The third kappa shape index (κ3) is 3.03. The molecule has 0 saturated carbocycles. The third-order valence-electron chi connectivity index (χ3n) is 2.91. The van der Waals surface area contributed by atoms with Gasteiger partial charge in [-0.1, -0.05) is 11.6 Å². The number of aldehydes is 1. The molecule has 0 radical (unpaired) electrons. The summed E-state index contributed by atoms with van der Waals surface area (Å²) in [6.45, 7) is 3.86. The number of benzene rings is 1. The van der Waals surface area contributed by atoms with Gasteiger partial charge in [0.1, 0.15) is 17.0 Å². The van der Waals surface area contributed by atoms with Crippen LogP contribution in [0.2, 0.25) is 5.02 Å². The zero-order valence-electron chi connectivity index (χ0n) is 12.4. The van der Waals surface area contributed by atoms with Crippen LogP contribution in [0.1, 0.15) is 24.2 Å². The van der Waals surface area contributed by atoms with E-state index in [1.54, 1.807) is 19.2 Å². The van der Waals surface area contributed by atoms with E-state index in [1.807, 2.05) is 19.9 Å². The Labute approximate surface area is 128 Å². The van der Waals surface area contributed by atoms with E-state index in [2.05, 4.69) is 5.10 Å². The van der Waals surface area contributed by atoms with Gasteiger partial charge < -0.3 is 9.47 Å². The summed E-state index contributed by atoms with van der Waals surface area (Å²) in [6.07, 6.45) is 0.766. The van der Waals surface area contributed by atoms with Gasteiger partial charge in [0.2, 0.25) is 5.88 Å². The molecule has 2 aromatic rings. The number of hydrogen-bond acceptors (Lipinski definition) is 4. The molecule has 2 rings (SSSR count). The normalized spacial score (nSPS) is 10.8. The molecule has 1 heterocycles. The van der Waals surface area contributed by atoms with Crippen molar-refractivity contribution in [3.63, 3.8) is 0 Å². The molecule has 0 saturated heterocycles. The van der Waals surface area contributed by atoms with Crippen molar-refractivity contribution >= 4 is 17.9 Å². The second kappa shape index (κ2) is 6.18. The fraction of sp³-hybridized carbons (Fsp3) is 0.333. The SMILES string of the molecule is COc1c(C=O)c(-c2ccc(OC(C)C)c(Cl)c2)nn1C. The maximum atomic E-state index is 11.3. The van der Waals surface area contributed by atoms with E-state index in [1.165, 1.54) is 11.8 Å². The van der Waals surface area contributed by atoms with Crippen molar-refractivity contribution in [2.75, 3.05) is 7.11 Å². The van der Waals surface area contributed by atoms with Gasteiger partial charge in [-0.3, -0.25) is 4.79 Å². The maximum Gasteiger partial charge on any atom is 0.222 e. The molecule has 5 nitrogen and oxygen atoms in total. The van der Waals surface area contributed by atoms with Gasteiger partial charge in [-0.25, -0.2) is 4.68 Å². The van der Waals surface area contributed by atoms with Gasteiger partial charge in [0.05, 0.1) is 18.2 Å². The first-order valence-corrected chi connectivity index (χ1v) is 6.88. The third-order valence-corrected chi connectivity index (χ3v) is 3.20. The van der Waals surface area contributed by atoms with Gasteiger partial charge in [0.25, 0.3) is 0 Å². The molecule has 0 atom stereocenters. The Kier molecular flexibility index (Phi) is 4.53. The zero-order valence-corrected chi connectivity index (χ0v) is 13.1. The number of hydrogen-bond donors (Lipinski definition) is 0. The molecule has 0 aliphatic rings. The molecule has 0 aliphatic heterocycles. The Balaban J connectivity index is 2.48. The van der Waals surface area contributed by atoms with Crippen LogP contribution in [-0.2, 0) is 7.05 Å². The predicted octanol–water partition coefficient (Wildman–Crippen LogP) is 3.35. The quantitative estimate of drug-likeness (QED) is 0.795. The molecule has 0 N–H and O–H groups in total. The molecule has 0 fully saturated rings. The van der Waals surface area contributed by atoms with E-state index < -0.39 is 0 Å². The van der Waals surface area contributed by atoms with E-state index in [-0.39, 0.29) is 6.10 Å². The van der Waals surface area contributed by atoms with E-state index in [9.17, 15) is 4.79 Å². The van der Waals surface area contributed by atoms with Gasteiger partial charge in [0.15, 0.2) is 6.29 Å². The molecule has 112 valence electrons. The lowest BCUT2D eigenvalue weighted by Crippen LogP contribution is -2.05. The first-order chi connectivity index (χ1) is 9.97. The van der Waals surface area contributed by atoms with Crippen LogP contribution >= 0.6 is 11.6 Å². The Hall–Kier alpha value is -2.01. The number of aryl methyl sites for hydroxylation is 1. The molecule has 6 heteroatoms. The molecule has 0 spiro atoms. The summed E-state index contributed by atoms with van der Waals surface area (Å²) in [5.74, 6) is 1.02. The van der Waals surface area contributed by atoms with Gasteiger partial charge in [-0.15, -0.1) is 0 Å². The fourth-order valence-corrected chi connectivity index (χ4v) is 2.31. The van der Waals surface area contributed by atoms with Crippen LogP contribution in [0.5, 0.6) is 11.6 Å². The van der Waals surface area contributed by atoms with Crippen LogP contribution in [0, 0.1) is 0 Å². The Morgan fingerprint density at radius 3 is 2.62 bits per heavy atom. The summed E-state index contributed by atoms with van der Waals surface area (Å²) < 4.78 is 12.3. The number of halogens is 1. The molecule has 0 aliphatic carbocycles. The minimum atomic E-state index is 0.0360. The predicted molar refractivity (Wildman–Crippen MR) is 81.4 cm³/mol. The van der Waals surface area contributed by atoms with Crippen molar-refractivity contribution in [1.29, 1.82) is 0 Å². The Bertz CT molecular complexity index is 665. The molecular weight excluding hydrogens is 292 g/mol. The molecular formula is C15H17ClN2O3. The molecule has 0 bridgehead atoms. The molecule has 21 heavy (non-hydrogen) atoms. The standard InChI is InChI=1S/C15H17ClN2O3/c1-9(2)21-13-6-5-10(7-12(13)16)14-11(8-19)15(20-4)18(3)17-14/h5-9H,1-4H3. The van der Waals surface area contributed by atoms with Gasteiger partial charge >= 0.3 is 0 Å². The lowest BCUT2D eigenvalue weighted by atomic mass is 10.1. The lowest BCUT2D eigenvalue weighted by Gasteiger charge is -2.11. The van der Waals surface area contributed by atoms with Crippen LogP contribution in [0.15, 0.2) is 18.2 Å². The van der Waals surface area contributed by atoms with Crippen molar-refractivity contribution in [2.24, 2.45) is 7.05 Å². The summed E-state index contributed by atoms with van der Waals surface area (Å²) in [4.78, 5) is 11.3. The Morgan fingerprint density at radius 1 is 1.38 bits per heavy atom. The summed E-state index contributed by atoms with van der Waals surface area (Å²) in [5.41, 5.74) is 1.66. The van der Waals surface area contributed by atoms with E-state index in [4.69, 9.17) is 21.1 Å². The highest BCUT2D eigenvalue weighted by molar-refractivity contribution is 6.32. The van der Waals surface area contributed by atoms with Crippen LogP contribution in [0.25, 0.3) is 11.3 Å². The van der Waals surface area contributed by atoms with Gasteiger partial charge in [-0.2, -0.15) is 5.10 Å². The number of carbonyl (C=O) groups excluding carboxylic acids is 1. The van der Waals surface area contributed by atoms with Gasteiger partial charge in [0, 0.05) is 12.6 Å². The number of carbonyl (C=O) groups is 1. The van der Waals surface area contributed by atoms with Crippen molar-refractivity contribution in [2.45, 2.75) is 20.0 Å². The highest BCUT2D eigenvalue weighted by atomic mass is 35.5. The highest BCUT2D eigenvalue weighted by Crippen LogP contribution is 2.34. The van der Waals surface area contributed by atoms with Crippen LogP contribution < -0.4 is 9.47 Å². The fourth-order valence-electron chi connectivity index (χ4n) is 2.08. The number of methoxy groups -OCH3 is 1. The van der Waals surface area contributed by atoms with Crippen molar-refractivity contribution in [1.82, 2.24) is 9.78 Å². The molecule has 1 aromatic heterocycles. The van der Waals surface area contributed by atoms with E-state index in [0.717, 1.165) is 11.8 Å². The van der Waals surface area contributed by atoms with Crippen LogP contribution in [-0.4, -0.2) is 29.3 Å². The molecule has 1 aromatic carbocycles. The van der Waals surface area contributed by atoms with Crippen LogP contribution in [0.4, 0.5) is 0 Å². The zero-order chi connectivity index (χ0) is 15.6. The summed E-state index contributed by atoms with van der Waals surface area (Å²) in [7, 11) is 3.22. The van der Waals surface area contributed by atoms with Crippen molar-refractivity contribution in [3.8, 4) is 22.9 Å². The van der Waals surface area contributed by atoms with Gasteiger partial charge in [-0.05, 0) is 32.0 Å². The summed E-state index contributed by atoms with van der Waals surface area (Å²) in [5, 5.41) is 4.79. The van der Waals surface area contributed by atoms with Crippen LogP contribution in [0.3, 0.4) is 0 Å². The number of rotatable bonds is 5. The first-order valence-electron chi connectivity index (χ1n) is 6.50. The number of ether oxygens (including phenoxy) is 2. The van der Waals surface area contributed by atoms with Crippen molar-refractivity contribution < 1.29 is 14.3 Å². The number of aromatic nitrogens is 2. The largest absolute Gasteiger partial charge is 0.489 e. The average molecular weight is 309 g/mol. The van der Waals surface area contributed by atoms with E-state index >= 15 is 0 Å². The first kappa shape index (κ1) is 15.4. The minimum absolute atomic E-state index is 0.0360. The second-order valence-electron chi connectivity index (χ2n) is 4.82. The summed E-state index contributed by atoms with van der Waals surface area (Å²) >= 11 is 6.22. The second-order valence-corrected chi connectivity index (χ2v) is 5.23. The lowest BCUT2D eigenvalue weighted by molar-refractivity contribution is 0.112. The molecule has 0 amide bonds. The Morgan fingerprint density at radius 2 is 2.10 bits per heavy atom. The van der Waals surface area contributed by atoms with Crippen molar-refractivity contribution in [3.05, 3.63) is 28.8 Å². The highest BCUT2D eigenvalue weighted by Gasteiger charge is 2.18. The molecule has 0 unspecified atom stereocenters. The minimum Gasteiger partial charge on any atom is -0.489 e. The summed E-state index contributed by atoms with van der Waals surface area (Å²) in [6, 6.07) is 5.32. The smallest absolute Gasteiger partial charge is 0.222 e. The van der Waals surface area contributed by atoms with E-state index in [0.29, 0.717) is 27.9 Å². The maximum absolute atomic E-state index is 11.3. The number of nitrogens with zero attached hydrogens (tertiary/aromatic N) is 2. The topological polar surface area (TPSA) is 53.4 Å².